The van der Waals surface area contributed by atoms with Crippen molar-refractivity contribution in [3.8, 4) is 0 Å². The zero-order valence-electron chi connectivity index (χ0n) is 12.9. The summed E-state index contributed by atoms with van der Waals surface area (Å²) < 4.78 is 24.0. The number of carboxylic acids is 1. The molecular formula is C17H12BrN2O4S-. The lowest BCUT2D eigenvalue weighted by Gasteiger charge is -2.17. The first-order valence-electron chi connectivity index (χ1n) is 7.15. The Morgan fingerprint density at radius 2 is 2.04 bits per heavy atom. The van der Waals surface area contributed by atoms with Crippen LogP contribution in [0.4, 0.5) is 11.4 Å². The molecule has 128 valence electrons. The van der Waals surface area contributed by atoms with Crippen LogP contribution in [0.25, 0.3) is 10.9 Å². The van der Waals surface area contributed by atoms with Crippen molar-refractivity contribution in [3.63, 3.8) is 0 Å². The van der Waals surface area contributed by atoms with Crippen molar-refractivity contribution in [3.05, 3.63) is 58.2 Å². The number of pyridine rings is 1. The summed E-state index contributed by atoms with van der Waals surface area (Å²) in [5.41, 5.74) is 2.02. The Morgan fingerprint density at radius 1 is 1.28 bits per heavy atom. The molecule has 0 aliphatic rings. The largest absolute Gasteiger partial charge is 0.768 e. The molecule has 1 heterocycles. The van der Waals surface area contributed by atoms with Crippen LogP contribution in [0.2, 0.25) is 0 Å². The summed E-state index contributed by atoms with van der Waals surface area (Å²) in [6, 6.07) is 10.2. The highest BCUT2D eigenvalue weighted by Crippen LogP contribution is 2.33. The van der Waals surface area contributed by atoms with E-state index in [1.807, 2.05) is 0 Å². The average molecular weight is 420 g/mol. The summed E-state index contributed by atoms with van der Waals surface area (Å²) in [6.07, 6.45) is 1.25. The molecular weight excluding hydrogens is 408 g/mol. The fraction of sp³-hybridized carbons (Fsp3) is 0.0588. The van der Waals surface area contributed by atoms with Gasteiger partial charge in [-0.1, -0.05) is 27.6 Å². The fourth-order valence-electron chi connectivity index (χ4n) is 2.48. The van der Waals surface area contributed by atoms with E-state index in [2.05, 4.69) is 26.2 Å². The second-order valence-corrected chi connectivity index (χ2v) is 7.20. The molecule has 0 aliphatic carbocycles. The highest BCUT2D eigenvalue weighted by Gasteiger charge is 2.15. The maximum Gasteiger partial charge on any atom is 0.337 e. The number of carboxylic acid groups (broad SMARTS) is 1. The molecule has 0 fully saturated rings. The molecule has 0 saturated heterocycles. The van der Waals surface area contributed by atoms with Crippen LogP contribution in [0.3, 0.4) is 0 Å². The van der Waals surface area contributed by atoms with Crippen molar-refractivity contribution in [1.82, 2.24) is 4.98 Å². The molecule has 1 aromatic heterocycles. The number of aromatic carboxylic acids is 1. The standard InChI is InChI=1S/C17H13BrN2O4S/c1-9-2-4-14(12(6-9)17(21)22)20-16-11-7-10(18)3-5-13(11)19-8-15(16)25(23)24/h2-8H,1H3,(H,19,20)(H,21,22)(H,23,24)/p-1. The Morgan fingerprint density at radius 3 is 2.72 bits per heavy atom. The van der Waals surface area contributed by atoms with Crippen LogP contribution in [0, 0.1) is 6.92 Å². The van der Waals surface area contributed by atoms with Gasteiger partial charge in [-0.3, -0.25) is 9.19 Å². The third-order valence-electron chi connectivity index (χ3n) is 3.64. The molecule has 25 heavy (non-hydrogen) atoms. The molecule has 0 bridgehead atoms. The van der Waals surface area contributed by atoms with Gasteiger partial charge in [0.2, 0.25) is 0 Å². The number of nitrogens with zero attached hydrogens (tertiary/aromatic N) is 1. The predicted molar refractivity (Wildman–Crippen MR) is 98.0 cm³/mol. The summed E-state index contributed by atoms with van der Waals surface area (Å²) in [6.45, 7) is 1.79. The van der Waals surface area contributed by atoms with E-state index in [1.54, 1.807) is 37.3 Å². The SMILES string of the molecule is Cc1ccc(Nc2c(S(=O)[O-])cnc3ccc(Br)cc23)c(C(=O)O)c1. The van der Waals surface area contributed by atoms with E-state index in [9.17, 15) is 18.7 Å². The summed E-state index contributed by atoms with van der Waals surface area (Å²) in [5, 5.41) is 13.0. The van der Waals surface area contributed by atoms with Crippen LogP contribution in [-0.4, -0.2) is 24.8 Å². The van der Waals surface area contributed by atoms with Gasteiger partial charge in [0.15, 0.2) is 0 Å². The van der Waals surface area contributed by atoms with Crippen molar-refractivity contribution < 1.29 is 18.7 Å². The maximum absolute atomic E-state index is 11.6. The first-order valence-corrected chi connectivity index (χ1v) is 9.02. The van der Waals surface area contributed by atoms with E-state index in [-0.39, 0.29) is 16.1 Å². The Hall–Kier alpha value is -2.29. The monoisotopic (exact) mass is 419 g/mol. The van der Waals surface area contributed by atoms with Crippen molar-refractivity contribution in [2.24, 2.45) is 0 Å². The van der Waals surface area contributed by atoms with Gasteiger partial charge in [-0.05, 0) is 48.3 Å². The zero-order valence-corrected chi connectivity index (χ0v) is 15.3. The first kappa shape index (κ1) is 17.5. The zero-order chi connectivity index (χ0) is 18.1. The van der Waals surface area contributed by atoms with E-state index in [0.717, 1.165) is 10.0 Å². The third-order valence-corrected chi connectivity index (χ3v) is 4.80. The van der Waals surface area contributed by atoms with Crippen molar-refractivity contribution in [2.75, 3.05) is 5.32 Å². The summed E-state index contributed by atoms with van der Waals surface area (Å²) in [5.74, 6) is -1.10. The van der Waals surface area contributed by atoms with Gasteiger partial charge in [0.1, 0.15) is 0 Å². The molecule has 0 saturated carbocycles. The molecule has 0 spiro atoms. The van der Waals surface area contributed by atoms with Gasteiger partial charge >= 0.3 is 5.97 Å². The number of halogens is 1. The number of fused-ring (bicyclic) bond motifs is 1. The molecule has 8 heteroatoms. The average Bonchev–Trinajstić information content (AvgIpc) is 2.56. The van der Waals surface area contributed by atoms with E-state index < -0.39 is 17.0 Å². The number of carbonyl (C=O) groups is 1. The number of aromatic nitrogens is 1. The van der Waals surface area contributed by atoms with Crippen LogP contribution in [0.5, 0.6) is 0 Å². The molecule has 0 amide bonds. The molecule has 0 radical (unpaired) electrons. The van der Waals surface area contributed by atoms with Crippen LogP contribution < -0.4 is 5.32 Å². The fourth-order valence-corrected chi connectivity index (χ4v) is 3.31. The number of anilines is 2. The summed E-state index contributed by atoms with van der Waals surface area (Å²) in [7, 11) is 0. The number of aryl methyl sites for hydroxylation is 1. The summed E-state index contributed by atoms with van der Waals surface area (Å²) in [4.78, 5) is 15.6. The number of nitrogens with one attached hydrogen (secondary N) is 1. The van der Waals surface area contributed by atoms with Crippen LogP contribution in [0.15, 0.2) is 52.0 Å². The van der Waals surface area contributed by atoms with Crippen molar-refractivity contribution in [1.29, 1.82) is 0 Å². The molecule has 0 aliphatic heterocycles. The number of benzene rings is 2. The van der Waals surface area contributed by atoms with Gasteiger partial charge in [0.25, 0.3) is 0 Å². The minimum atomic E-state index is -2.54. The topological polar surface area (TPSA) is 102 Å². The molecule has 3 rings (SSSR count). The Labute approximate surface area is 154 Å². The van der Waals surface area contributed by atoms with E-state index in [4.69, 9.17) is 0 Å². The van der Waals surface area contributed by atoms with Gasteiger partial charge in [0, 0.05) is 16.1 Å². The highest BCUT2D eigenvalue weighted by atomic mass is 79.9. The lowest BCUT2D eigenvalue weighted by Crippen LogP contribution is -2.06. The van der Waals surface area contributed by atoms with Crippen molar-refractivity contribution >= 4 is 55.3 Å². The predicted octanol–water partition coefficient (Wildman–Crippen LogP) is 3.99. The Kier molecular flexibility index (Phi) is 4.85. The highest BCUT2D eigenvalue weighted by molar-refractivity contribution is 9.10. The van der Waals surface area contributed by atoms with Gasteiger partial charge in [0.05, 0.1) is 27.4 Å². The second-order valence-electron chi connectivity index (χ2n) is 5.37. The molecule has 1 atom stereocenters. The van der Waals surface area contributed by atoms with Crippen molar-refractivity contribution in [2.45, 2.75) is 11.8 Å². The lowest BCUT2D eigenvalue weighted by molar-refractivity contribution is 0.0698. The minimum absolute atomic E-state index is 0.0393. The van der Waals surface area contributed by atoms with E-state index in [1.165, 1.54) is 12.3 Å². The van der Waals surface area contributed by atoms with Gasteiger partial charge < -0.3 is 15.0 Å². The van der Waals surface area contributed by atoms with Crippen LogP contribution >= 0.6 is 15.9 Å². The van der Waals surface area contributed by atoms with E-state index in [0.29, 0.717) is 16.6 Å². The second kappa shape index (κ2) is 6.91. The molecule has 2 aromatic carbocycles. The van der Waals surface area contributed by atoms with E-state index >= 15 is 0 Å². The molecule has 6 nitrogen and oxygen atoms in total. The molecule has 1 unspecified atom stereocenters. The quantitative estimate of drug-likeness (QED) is 0.619. The normalized spacial score (nSPS) is 12.1. The third kappa shape index (κ3) is 3.55. The Balaban J connectivity index is 2.25. The van der Waals surface area contributed by atoms with Gasteiger partial charge in [-0.25, -0.2) is 4.79 Å². The first-order chi connectivity index (χ1) is 11.9. The van der Waals surface area contributed by atoms with Gasteiger partial charge in [-0.15, -0.1) is 0 Å². The maximum atomic E-state index is 11.6. The number of hydrogen-bond donors (Lipinski definition) is 2. The minimum Gasteiger partial charge on any atom is -0.768 e. The van der Waals surface area contributed by atoms with Crippen LogP contribution in [0.1, 0.15) is 15.9 Å². The number of hydrogen-bond acceptors (Lipinski definition) is 5. The Bertz CT molecular complexity index is 1020. The smallest absolute Gasteiger partial charge is 0.337 e. The molecule has 3 aromatic rings. The lowest BCUT2D eigenvalue weighted by atomic mass is 10.1. The number of rotatable bonds is 4. The summed E-state index contributed by atoms with van der Waals surface area (Å²) >= 11 is 0.821. The van der Waals surface area contributed by atoms with Gasteiger partial charge in [-0.2, -0.15) is 0 Å². The van der Waals surface area contributed by atoms with Crippen LogP contribution in [-0.2, 0) is 11.1 Å². The molecule has 2 N–H and O–H groups in total.